The molecule has 0 bridgehead atoms. The molecule has 1 aliphatic rings. The minimum Gasteiger partial charge on any atom is -0.465 e. The van der Waals surface area contributed by atoms with Crippen molar-refractivity contribution in [3.63, 3.8) is 0 Å². The maximum absolute atomic E-state index is 12.1. The predicted octanol–water partition coefficient (Wildman–Crippen LogP) is 1.53. The van der Waals surface area contributed by atoms with E-state index in [-0.39, 0.29) is 11.9 Å². The summed E-state index contributed by atoms with van der Waals surface area (Å²) in [7, 11) is 0. The Morgan fingerprint density at radius 2 is 2.33 bits per heavy atom. The maximum Gasteiger partial charge on any atom is 0.318 e. The summed E-state index contributed by atoms with van der Waals surface area (Å²) < 4.78 is 12.3. The van der Waals surface area contributed by atoms with Gasteiger partial charge < -0.3 is 9.47 Å². The van der Waals surface area contributed by atoms with Gasteiger partial charge in [-0.1, -0.05) is 11.3 Å². The summed E-state index contributed by atoms with van der Waals surface area (Å²) in [6, 6.07) is 0. The molecule has 1 fully saturated rings. The molecule has 1 atom stereocenters. The number of ether oxygens (including phenoxy) is 2. The van der Waals surface area contributed by atoms with Gasteiger partial charge in [0.15, 0.2) is 5.82 Å². The van der Waals surface area contributed by atoms with E-state index in [1.807, 2.05) is 13.8 Å². The van der Waals surface area contributed by atoms with Gasteiger partial charge in [-0.05, 0) is 27.2 Å². The molecule has 21 heavy (non-hydrogen) atoms. The highest BCUT2D eigenvalue weighted by molar-refractivity contribution is 7.16. The molecule has 1 saturated heterocycles. The van der Waals surface area contributed by atoms with E-state index >= 15 is 0 Å². The molecule has 2 aromatic heterocycles. The Labute approximate surface area is 126 Å². The fourth-order valence-corrected chi connectivity index (χ4v) is 3.21. The average molecular weight is 310 g/mol. The van der Waals surface area contributed by atoms with Crippen molar-refractivity contribution >= 4 is 22.3 Å². The molecule has 0 amide bonds. The van der Waals surface area contributed by atoms with Gasteiger partial charge in [0.25, 0.3) is 0 Å². The lowest BCUT2D eigenvalue weighted by molar-refractivity contribution is -0.148. The number of aromatic nitrogens is 4. The topological polar surface area (TPSA) is 78.6 Å². The molecule has 3 rings (SSSR count). The quantitative estimate of drug-likeness (QED) is 0.797. The maximum atomic E-state index is 12.1. The molecule has 1 aliphatic heterocycles. The molecule has 0 spiro atoms. The number of hydrogen-bond acceptors (Lipinski definition) is 7. The van der Waals surface area contributed by atoms with Crippen molar-refractivity contribution in [3.8, 4) is 0 Å². The third-order valence-electron chi connectivity index (χ3n) is 3.63. The number of esters is 1. The van der Waals surface area contributed by atoms with E-state index in [2.05, 4.69) is 15.3 Å². The summed E-state index contributed by atoms with van der Waals surface area (Å²) in [6.07, 6.45) is 0.926. The van der Waals surface area contributed by atoms with Crippen molar-refractivity contribution < 1.29 is 14.3 Å². The first kappa shape index (κ1) is 14.4. The van der Waals surface area contributed by atoms with Crippen LogP contribution in [-0.4, -0.2) is 45.6 Å². The van der Waals surface area contributed by atoms with Gasteiger partial charge in [0.1, 0.15) is 10.4 Å². The van der Waals surface area contributed by atoms with Crippen molar-refractivity contribution in [2.75, 3.05) is 19.8 Å². The molecular weight excluding hydrogens is 292 g/mol. The number of rotatable bonds is 4. The highest BCUT2D eigenvalue weighted by atomic mass is 32.1. The largest absolute Gasteiger partial charge is 0.465 e. The number of carbonyl (C=O) groups is 1. The lowest BCUT2D eigenvalue weighted by Crippen LogP contribution is -2.31. The van der Waals surface area contributed by atoms with Crippen molar-refractivity contribution in [1.82, 2.24) is 19.8 Å². The summed E-state index contributed by atoms with van der Waals surface area (Å²) in [4.78, 5) is 12.8. The fourth-order valence-electron chi connectivity index (χ4n) is 2.28. The second-order valence-electron chi connectivity index (χ2n) is 5.57. The van der Waals surface area contributed by atoms with Crippen LogP contribution in [0.4, 0.5) is 0 Å². The van der Waals surface area contributed by atoms with Crippen LogP contribution in [-0.2, 0) is 19.7 Å². The molecule has 0 aliphatic carbocycles. The van der Waals surface area contributed by atoms with Crippen molar-refractivity contribution in [3.05, 3.63) is 10.8 Å². The van der Waals surface area contributed by atoms with Crippen molar-refractivity contribution in [2.24, 2.45) is 0 Å². The molecule has 0 N–H and O–H groups in total. The minimum atomic E-state index is -0.787. The highest BCUT2D eigenvalue weighted by Gasteiger charge is 2.36. The first-order chi connectivity index (χ1) is 10.0. The third kappa shape index (κ3) is 2.42. The Bertz CT molecular complexity index is 657. The van der Waals surface area contributed by atoms with E-state index < -0.39 is 5.41 Å². The molecular formula is C13H18N4O3S. The van der Waals surface area contributed by atoms with E-state index in [9.17, 15) is 4.79 Å². The predicted molar refractivity (Wildman–Crippen MR) is 76.5 cm³/mol. The first-order valence-electron chi connectivity index (χ1n) is 7.01. The Balaban J connectivity index is 1.96. The Hall–Kier alpha value is -1.54. The van der Waals surface area contributed by atoms with Crippen LogP contribution in [0.3, 0.4) is 0 Å². The Morgan fingerprint density at radius 3 is 3.00 bits per heavy atom. The van der Waals surface area contributed by atoms with Crippen molar-refractivity contribution in [1.29, 1.82) is 0 Å². The summed E-state index contributed by atoms with van der Waals surface area (Å²) in [5.41, 5.74) is -0.787. The summed E-state index contributed by atoms with van der Waals surface area (Å²) in [5, 5.41) is 13.6. The van der Waals surface area contributed by atoms with Gasteiger partial charge in [0.2, 0.25) is 4.96 Å². The van der Waals surface area contributed by atoms with Crippen LogP contribution in [0.25, 0.3) is 4.96 Å². The third-order valence-corrected chi connectivity index (χ3v) is 4.85. The van der Waals surface area contributed by atoms with Gasteiger partial charge in [-0.3, -0.25) is 4.79 Å². The van der Waals surface area contributed by atoms with E-state index in [0.29, 0.717) is 23.2 Å². The zero-order valence-electron chi connectivity index (χ0n) is 12.3. The molecule has 1 unspecified atom stereocenters. The monoisotopic (exact) mass is 310 g/mol. The lowest BCUT2D eigenvalue weighted by atomic mass is 9.95. The van der Waals surface area contributed by atoms with Crippen LogP contribution >= 0.6 is 11.3 Å². The van der Waals surface area contributed by atoms with Gasteiger partial charge in [-0.2, -0.15) is 9.61 Å². The Morgan fingerprint density at radius 1 is 1.52 bits per heavy atom. The lowest BCUT2D eigenvalue weighted by Gasteiger charge is -2.18. The minimum absolute atomic E-state index is 0.223. The Kier molecular flexibility index (Phi) is 3.66. The van der Waals surface area contributed by atoms with Gasteiger partial charge in [0.05, 0.1) is 13.2 Å². The summed E-state index contributed by atoms with van der Waals surface area (Å²) in [5.74, 6) is 0.756. The average Bonchev–Trinajstić information content (AvgIpc) is 3.14. The standard InChI is InChI=1S/C13H18N4O3S/c1-4-20-11(18)13(2,3)10-16-17-9(8-5-6-19-7-8)14-15-12(17)21-10/h8H,4-7H2,1-3H3. The fraction of sp³-hybridized carbons (Fsp3) is 0.692. The van der Waals surface area contributed by atoms with E-state index in [1.54, 1.807) is 11.4 Å². The van der Waals surface area contributed by atoms with Gasteiger partial charge >= 0.3 is 5.97 Å². The smallest absolute Gasteiger partial charge is 0.318 e. The summed E-state index contributed by atoms with van der Waals surface area (Å²) >= 11 is 1.37. The number of carbonyl (C=O) groups excluding carboxylic acids is 1. The van der Waals surface area contributed by atoms with E-state index in [4.69, 9.17) is 9.47 Å². The highest BCUT2D eigenvalue weighted by Crippen LogP contribution is 2.31. The SMILES string of the molecule is CCOC(=O)C(C)(C)c1nn2c(C3CCOC3)nnc2s1. The van der Waals surface area contributed by atoms with Crippen LogP contribution in [0, 0.1) is 0 Å². The number of fused-ring (bicyclic) bond motifs is 1. The van der Waals surface area contributed by atoms with Crippen LogP contribution in [0.2, 0.25) is 0 Å². The molecule has 3 heterocycles. The molecule has 114 valence electrons. The first-order valence-corrected chi connectivity index (χ1v) is 7.83. The number of nitrogens with zero attached hydrogens (tertiary/aromatic N) is 4. The molecule has 8 heteroatoms. The molecule has 0 saturated carbocycles. The summed E-state index contributed by atoms with van der Waals surface area (Å²) in [6.45, 7) is 7.17. The molecule has 0 aromatic carbocycles. The van der Waals surface area contributed by atoms with E-state index in [0.717, 1.165) is 18.9 Å². The van der Waals surface area contributed by atoms with Gasteiger partial charge in [0, 0.05) is 12.5 Å². The van der Waals surface area contributed by atoms with Crippen LogP contribution in [0.1, 0.15) is 43.9 Å². The second kappa shape index (κ2) is 5.34. The molecule has 7 nitrogen and oxygen atoms in total. The van der Waals surface area contributed by atoms with Gasteiger partial charge in [-0.15, -0.1) is 10.2 Å². The van der Waals surface area contributed by atoms with Crippen molar-refractivity contribution in [2.45, 2.75) is 38.5 Å². The van der Waals surface area contributed by atoms with Crippen LogP contribution < -0.4 is 0 Å². The van der Waals surface area contributed by atoms with E-state index in [1.165, 1.54) is 11.3 Å². The second-order valence-corrected chi connectivity index (χ2v) is 6.52. The van der Waals surface area contributed by atoms with Crippen LogP contribution in [0.15, 0.2) is 0 Å². The normalized spacial score (nSPS) is 19.3. The van der Waals surface area contributed by atoms with Crippen LogP contribution in [0.5, 0.6) is 0 Å². The number of hydrogen-bond donors (Lipinski definition) is 0. The molecule has 0 radical (unpaired) electrons. The van der Waals surface area contributed by atoms with Gasteiger partial charge in [-0.25, -0.2) is 0 Å². The molecule has 2 aromatic rings. The zero-order chi connectivity index (χ0) is 15.0. The zero-order valence-corrected chi connectivity index (χ0v) is 13.1.